The van der Waals surface area contributed by atoms with Crippen molar-refractivity contribution in [1.29, 1.82) is 0 Å². The third-order valence-corrected chi connectivity index (χ3v) is 3.86. The smallest absolute Gasteiger partial charge is 0.0923 e. The summed E-state index contributed by atoms with van der Waals surface area (Å²) < 4.78 is 0. The van der Waals surface area contributed by atoms with Crippen LogP contribution in [-0.4, -0.2) is 9.97 Å². The molecule has 0 amide bonds. The minimum atomic E-state index is 0.509. The second-order valence-electron chi connectivity index (χ2n) is 5.52. The normalized spacial score (nSPS) is 11.6. The molecule has 2 aromatic heterocycles. The molecule has 0 spiro atoms. The zero-order valence-corrected chi connectivity index (χ0v) is 12.5. The van der Waals surface area contributed by atoms with E-state index in [-0.39, 0.29) is 0 Å². The summed E-state index contributed by atoms with van der Waals surface area (Å²) in [5.41, 5.74) is 8.38. The van der Waals surface area contributed by atoms with E-state index >= 15 is 0 Å². The molecule has 2 rings (SSSR count). The van der Waals surface area contributed by atoms with Crippen LogP contribution in [0.2, 0.25) is 0 Å². The topological polar surface area (TPSA) is 25.8 Å². The van der Waals surface area contributed by atoms with Crippen molar-refractivity contribution >= 4 is 10.9 Å². The lowest BCUT2D eigenvalue weighted by atomic mass is 9.91. The molecule has 0 unspecified atom stereocenters. The Morgan fingerprint density at radius 3 is 1.89 bits per heavy atom. The van der Waals surface area contributed by atoms with Crippen LogP contribution in [0.5, 0.6) is 0 Å². The molecule has 2 heterocycles. The van der Waals surface area contributed by atoms with Gasteiger partial charge in [-0.25, -0.2) is 0 Å². The van der Waals surface area contributed by atoms with Gasteiger partial charge in [0.15, 0.2) is 0 Å². The van der Waals surface area contributed by atoms with E-state index in [1.807, 2.05) is 0 Å². The van der Waals surface area contributed by atoms with E-state index in [2.05, 4.69) is 53.5 Å². The second-order valence-corrected chi connectivity index (χ2v) is 5.52. The Hall–Kier alpha value is -1.44. The van der Waals surface area contributed by atoms with Crippen molar-refractivity contribution in [3.8, 4) is 0 Å². The van der Waals surface area contributed by atoms with Gasteiger partial charge in [-0.15, -0.1) is 0 Å². The molecule has 2 nitrogen and oxygen atoms in total. The Bertz CT molecular complexity index is 625. The van der Waals surface area contributed by atoms with E-state index in [1.54, 1.807) is 0 Å². The van der Waals surface area contributed by atoms with Gasteiger partial charge in [-0.2, -0.15) is 0 Å². The number of pyridine rings is 2. The highest BCUT2D eigenvalue weighted by molar-refractivity contribution is 5.88. The van der Waals surface area contributed by atoms with Crippen LogP contribution in [0.15, 0.2) is 0 Å². The predicted octanol–water partition coefficient (Wildman–Crippen LogP) is 4.30. The Kier molecular flexibility index (Phi) is 3.14. The molecule has 0 aromatic carbocycles. The molecule has 0 aliphatic carbocycles. The third-order valence-electron chi connectivity index (χ3n) is 3.86. The molecule has 0 saturated carbocycles. The van der Waals surface area contributed by atoms with Crippen LogP contribution in [0.25, 0.3) is 10.9 Å². The van der Waals surface area contributed by atoms with Crippen molar-refractivity contribution in [1.82, 2.24) is 9.97 Å². The molecule has 0 aliphatic rings. The Balaban J connectivity index is 3.01. The van der Waals surface area contributed by atoms with Gasteiger partial charge in [0.2, 0.25) is 0 Å². The first-order valence-corrected chi connectivity index (χ1v) is 6.59. The molecule has 2 aromatic rings. The fourth-order valence-electron chi connectivity index (χ4n) is 3.01. The van der Waals surface area contributed by atoms with Crippen molar-refractivity contribution in [3.05, 3.63) is 33.8 Å². The SMILES string of the molecule is Cc1nc2c(C)nc(C)c(C)c2c(C)c1C(C)C. The summed E-state index contributed by atoms with van der Waals surface area (Å²) >= 11 is 0. The van der Waals surface area contributed by atoms with Gasteiger partial charge in [0, 0.05) is 16.8 Å². The number of fused-ring (bicyclic) bond motifs is 1. The minimum absolute atomic E-state index is 0.509. The summed E-state index contributed by atoms with van der Waals surface area (Å²) in [7, 11) is 0. The Morgan fingerprint density at radius 1 is 0.722 bits per heavy atom. The first-order valence-electron chi connectivity index (χ1n) is 6.59. The van der Waals surface area contributed by atoms with Gasteiger partial charge in [0.1, 0.15) is 0 Å². The molecule has 2 heteroatoms. The molecule has 0 N–H and O–H groups in total. The summed E-state index contributed by atoms with van der Waals surface area (Å²) in [4.78, 5) is 9.39. The number of hydrogen-bond donors (Lipinski definition) is 0. The van der Waals surface area contributed by atoms with E-state index in [4.69, 9.17) is 4.98 Å². The van der Waals surface area contributed by atoms with Gasteiger partial charge in [0.05, 0.1) is 11.2 Å². The molecule has 0 atom stereocenters. The number of rotatable bonds is 1. The van der Waals surface area contributed by atoms with Crippen LogP contribution >= 0.6 is 0 Å². The van der Waals surface area contributed by atoms with Gasteiger partial charge in [-0.05, 0) is 57.2 Å². The first kappa shape index (κ1) is 13.0. The van der Waals surface area contributed by atoms with E-state index in [0.717, 1.165) is 22.6 Å². The maximum Gasteiger partial charge on any atom is 0.0923 e. The molecule has 0 radical (unpaired) electrons. The molecule has 18 heavy (non-hydrogen) atoms. The van der Waals surface area contributed by atoms with Crippen molar-refractivity contribution in [3.63, 3.8) is 0 Å². The summed E-state index contributed by atoms with van der Waals surface area (Å²) in [5, 5.41) is 1.30. The zero-order valence-electron chi connectivity index (χ0n) is 12.5. The standard InChI is InChI=1S/C16H22N2/c1-8(2)14-10(4)15-9(3)11(5)17-13(7)16(15)18-12(14)6/h8H,1-7H3. The van der Waals surface area contributed by atoms with Crippen LogP contribution < -0.4 is 0 Å². The Labute approximate surface area is 109 Å². The summed E-state index contributed by atoms with van der Waals surface area (Å²) in [6, 6.07) is 0. The highest BCUT2D eigenvalue weighted by Crippen LogP contribution is 2.31. The van der Waals surface area contributed by atoms with Gasteiger partial charge >= 0.3 is 0 Å². The van der Waals surface area contributed by atoms with Gasteiger partial charge < -0.3 is 0 Å². The van der Waals surface area contributed by atoms with E-state index < -0.39 is 0 Å². The predicted molar refractivity (Wildman–Crippen MR) is 77.3 cm³/mol. The number of aryl methyl sites for hydroxylation is 5. The van der Waals surface area contributed by atoms with Gasteiger partial charge in [-0.1, -0.05) is 13.8 Å². The van der Waals surface area contributed by atoms with Gasteiger partial charge in [-0.3, -0.25) is 9.97 Å². The van der Waals surface area contributed by atoms with Crippen molar-refractivity contribution < 1.29 is 0 Å². The zero-order chi connectivity index (χ0) is 13.6. The van der Waals surface area contributed by atoms with Crippen molar-refractivity contribution in [2.24, 2.45) is 0 Å². The maximum absolute atomic E-state index is 4.80. The first-order chi connectivity index (χ1) is 8.34. The lowest BCUT2D eigenvalue weighted by Gasteiger charge is -2.18. The summed E-state index contributed by atoms with van der Waals surface area (Å²) in [5.74, 6) is 0.509. The third kappa shape index (κ3) is 1.80. The lowest BCUT2D eigenvalue weighted by Crippen LogP contribution is -2.05. The van der Waals surface area contributed by atoms with Crippen molar-refractivity contribution in [2.75, 3.05) is 0 Å². The number of hydrogen-bond acceptors (Lipinski definition) is 2. The van der Waals surface area contributed by atoms with Crippen LogP contribution in [0.3, 0.4) is 0 Å². The van der Waals surface area contributed by atoms with E-state index in [0.29, 0.717) is 5.92 Å². The monoisotopic (exact) mass is 242 g/mol. The highest BCUT2D eigenvalue weighted by Gasteiger charge is 2.16. The average molecular weight is 242 g/mol. The average Bonchev–Trinajstić information content (AvgIpc) is 2.25. The van der Waals surface area contributed by atoms with Crippen molar-refractivity contribution in [2.45, 2.75) is 54.4 Å². The number of nitrogens with zero attached hydrogens (tertiary/aromatic N) is 2. The fourth-order valence-corrected chi connectivity index (χ4v) is 3.01. The fraction of sp³-hybridized carbons (Fsp3) is 0.500. The second kappa shape index (κ2) is 4.34. The minimum Gasteiger partial charge on any atom is -0.256 e. The van der Waals surface area contributed by atoms with Gasteiger partial charge in [0.25, 0.3) is 0 Å². The van der Waals surface area contributed by atoms with Crippen LogP contribution in [0, 0.1) is 34.6 Å². The van der Waals surface area contributed by atoms with Crippen LogP contribution in [-0.2, 0) is 0 Å². The quantitative estimate of drug-likeness (QED) is 0.745. The van der Waals surface area contributed by atoms with E-state index in [9.17, 15) is 0 Å². The summed E-state index contributed by atoms with van der Waals surface area (Å²) in [6.45, 7) is 15.1. The molecule has 0 bridgehead atoms. The largest absolute Gasteiger partial charge is 0.256 e. The molecule has 0 fully saturated rings. The molecule has 0 saturated heterocycles. The highest BCUT2D eigenvalue weighted by atomic mass is 14.8. The maximum atomic E-state index is 4.80. The van der Waals surface area contributed by atoms with E-state index in [1.165, 1.54) is 22.1 Å². The lowest BCUT2D eigenvalue weighted by molar-refractivity contribution is 0.837. The molecule has 0 aliphatic heterocycles. The van der Waals surface area contributed by atoms with Crippen LogP contribution in [0.4, 0.5) is 0 Å². The molecule has 96 valence electrons. The molecular weight excluding hydrogens is 220 g/mol. The summed E-state index contributed by atoms with van der Waals surface area (Å²) in [6.07, 6.45) is 0. The Morgan fingerprint density at radius 2 is 1.33 bits per heavy atom. The molecular formula is C16H22N2. The van der Waals surface area contributed by atoms with Crippen LogP contribution in [0.1, 0.15) is 53.5 Å². The number of aromatic nitrogens is 2.